The Hall–Kier alpha value is -2.69. The molecule has 7 nitrogen and oxygen atoms in total. The van der Waals surface area contributed by atoms with Crippen molar-refractivity contribution in [2.75, 3.05) is 5.73 Å². The number of nitrogen functional groups attached to an aromatic ring is 1. The molecule has 0 spiro atoms. The largest absolute Gasteiger partial charge is 0.396 e. The van der Waals surface area contributed by atoms with Crippen molar-refractivity contribution >= 4 is 36.7 Å². The van der Waals surface area contributed by atoms with E-state index in [0.29, 0.717) is 10.8 Å². The van der Waals surface area contributed by atoms with Crippen LogP contribution in [0.1, 0.15) is 5.56 Å². The molecule has 0 heterocycles. The molecule has 0 fully saturated rings. The molecule has 0 amide bonds. The third kappa shape index (κ3) is 3.46. The van der Waals surface area contributed by atoms with Gasteiger partial charge in [0.2, 0.25) is 0 Å². The highest BCUT2D eigenvalue weighted by atomic mass is 32.2. The second-order valence-electron chi connectivity index (χ2n) is 5.74. The average molecular weight is 411 g/mol. The van der Waals surface area contributed by atoms with Crippen LogP contribution in [0.3, 0.4) is 0 Å². The summed E-state index contributed by atoms with van der Waals surface area (Å²) in [7, 11) is -9.72. The Kier molecular flexibility index (Phi) is 4.58. The molecule has 0 saturated heterocycles. The van der Waals surface area contributed by atoms with Crippen LogP contribution in [0.25, 0.3) is 10.8 Å². The lowest BCUT2D eigenvalue weighted by Crippen LogP contribution is -2.17. The smallest absolute Gasteiger partial charge is 0.344 e. The molecular weight excluding hydrogens is 397 g/mol. The quantitative estimate of drug-likeness (QED) is 0.384. The fourth-order valence-electron chi connectivity index (χ4n) is 2.63. The first kappa shape index (κ1) is 19.1. The Morgan fingerprint density at radius 1 is 1.04 bits per heavy atom. The van der Waals surface area contributed by atoms with Gasteiger partial charge in [0.15, 0.2) is 16.5 Å². The molecule has 0 aliphatic carbocycles. The zero-order chi connectivity index (χ0) is 20.0. The fourth-order valence-corrected chi connectivity index (χ4v) is 4.63. The van der Waals surface area contributed by atoms with Gasteiger partial charge in [0.1, 0.15) is 4.90 Å². The van der Waals surface area contributed by atoms with Crippen molar-refractivity contribution in [1.29, 1.82) is 0 Å². The van der Waals surface area contributed by atoms with Crippen molar-refractivity contribution in [3.05, 3.63) is 59.9 Å². The van der Waals surface area contributed by atoms with Crippen molar-refractivity contribution in [3.8, 4) is 5.75 Å². The molecule has 10 heteroatoms. The van der Waals surface area contributed by atoms with Crippen LogP contribution in [0, 0.1) is 12.7 Å². The minimum absolute atomic E-state index is 0.0817. The zero-order valence-corrected chi connectivity index (χ0v) is 15.5. The summed E-state index contributed by atoms with van der Waals surface area (Å²) in [5.41, 5.74) is 4.26. The number of hydrogen-bond donors (Lipinski definition) is 2. The predicted molar refractivity (Wildman–Crippen MR) is 97.1 cm³/mol. The maximum absolute atomic E-state index is 14.5. The monoisotopic (exact) mass is 411 g/mol. The normalized spacial score (nSPS) is 12.3. The maximum atomic E-state index is 14.5. The summed E-state index contributed by atoms with van der Waals surface area (Å²) in [6.07, 6.45) is 0. The number of benzene rings is 3. The molecule has 0 radical (unpaired) electrons. The standard InChI is InChI=1S/C17H14FNO6S2/c1-10-9-14(26(20,21)22)16(19)17(15(10)18)27(23,24)25-13-8-4-6-11-5-2-3-7-12(11)13/h2-9H,19H2,1H3,(H,20,21,22). The lowest BCUT2D eigenvalue weighted by molar-refractivity contribution is 0.476. The highest BCUT2D eigenvalue weighted by Crippen LogP contribution is 2.34. The number of aryl methyl sites for hydroxylation is 1. The molecule has 142 valence electrons. The molecule has 0 atom stereocenters. The first-order valence-electron chi connectivity index (χ1n) is 7.50. The second kappa shape index (κ2) is 6.48. The molecule has 0 bridgehead atoms. The summed E-state index contributed by atoms with van der Waals surface area (Å²) in [6.45, 7) is 1.14. The van der Waals surface area contributed by atoms with Gasteiger partial charge in [0.05, 0.1) is 5.69 Å². The van der Waals surface area contributed by atoms with E-state index in [9.17, 15) is 25.8 Å². The summed E-state index contributed by atoms with van der Waals surface area (Å²) in [5, 5.41) is 1.13. The SMILES string of the molecule is Cc1cc(S(=O)(=O)O)c(N)c(S(=O)(=O)Oc2cccc3ccccc23)c1F. The van der Waals surface area contributed by atoms with E-state index in [2.05, 4.69) is 0 Å². The van der Waals surface area contributed by atoms with Crippen LogP contribution in [0.15, 0.2) is 58.3 Å². The van der Waals surface area contributed by atoms with E-state index in [4.69, 9.17) is 9.92 Å². The van der Waals surface area contributed by atoms with E-state index >= 15 is 0 Å². The maximum Gasteiger partial charge on any atom is 0.344 e. The predicted octanol–water partition coefficient (Wildman–Crippen LogP) is 2.88. The van der Waals surface area contributed by atoms with Crippen LogP contribution < -0.4 is 9.92 Å². The minimum atomic E-state index is -4.87. The van der Waals surface area contributed by atoms with Crippen LogP contribution in [-0.4, -0.2) is 21.4 Å². The van der Waals surface area contributed by atoms with Gasteiger partial charge < -0.3 is 9.92 Å². The van der Waals surface area contributed by atoms with Gasteiger partial charge >= 0.3 is 10.1 Å². The molecular formula is C17H14FNO6S2. The van der Waals surface area contributed by atoms with Gasteiger partial charge in [-0.05, 0) is 30.0 Å². The third-order valence-electron chi connectivity index (χ3n) is 3.88. The number of fused-ring (bicyclic) bond motifs is 1. The van der Waals surface area contributed by atoms with Crippen LogP contribution in [0.4, 0.5) is 10.1 Å². The van der Waals surface area contributed by atoms with Gasteiger partial charge in [-0.15, -0.1) is 0 Å². The van der Waals surface area contributed by atoms with E-state index < -0.39 is 41.5 Å². The second-order valence-corrected chi connectivity index (χ2v) is 8.61. The third-order valence-corrected chi connectivity index (χ3v) is 6.07. The number of hydrogen-bond acceptors (Lipinski definition) is 6. The molecule has 27 heavy (non-hydrogen) atoms. The molecule has 0 saturated carbocycles. The van der Waals surface area contributed by atoms with Gasteiger partial charge in [0.25, 0.3) is 10.1 Å². The Bertz CT molecular complexity index is 1260. The lowest BCUT2D eigenvalue weighted by Gasteiger charge is -2.14. The molecule has 3 aromatic rings. The van der Waals surface area contributed by atoms with E-state index in [1.54, 1.807) is 36.4 Å². The summed E-state index contributed by atoms with van der Waals surface area (Å²) < 4.78 is 77.1. The Balaban J connectivity index is 2.23. The van der Waals surface area contributed by atoms with Crippen molar-refractivity contribution in [3.63, 3.8) is 0 Å². The molecule has 0 aliphatic heterocycles. The van der Waals surface area contributed by atoms with E-state index in [0.717, 1.165) is 13.0 Å². The van der Waals surface area contributed by atoms with Crippen molar-refractivity contribution in [1.82, 2.24) is 0 Å². The zero-order valence-electron chi connectivity index (χ0n) is 13.9. The number of halogens is 1. The van der Waals surface area contributed by atoms with Gasteiger partial charge in [-0.1, -0.05) is 36.4 Å². The van der Waals surface area contributed by atoms with Crippen molar-refractivity contribution in [2.24, 2.45) is 0 Å². The topological polar surface area (TPSA) is 124 Å². The lowest BCUT2D eigenvalue weighted by atomic mass is 10.1. The molecule has 3 aromatic carbocycles. The van der Waals surface area contributed by atoms with Gasteiger partial charge in [-0.25, -0.2) is 4.39 Å². The van der Waals surface area contributed by atoms with E-state index in [1.807, 2.05) is 0 Å². The van der Waals surface area contributed by atoms with Crippen LogP contribution in [-0.2, 0) is 20.2 Å². The molecule has 3 N–H and O–H groups in total. The number of anilines is 1. The van der Waals surface area contributed by atoms with Gasteiger partial charge in [0, 0.05) is 5.39 Å². The first-order chi connectivity index (χ1) is 12.5. The molecule has 0 aromatic heterocycles. The highest BCUT2D eigenvalue weighted by molar-refractivity contribution is 7.87. The van der Waals surface area contributed by atoms with E-state index in [-0.39, 0.29) is 11.3 Å². The van der Waals surface area contributed by atoms with Crippen LogP contribution >= 0.6 is 0 Å². The average Bonchev–Trinajstić information content (AvgIpc) is 2.57. The summed E-state index contributed by atoms with van der Waals surface area (Å²) in [6, 6.07) is 12.1. The van der Waals surface area contributed by atoms with Crippen LogP contribution in [0.5, 0.6) is 5.75 Å². The Morgan fingerprint density at radius 3 is 2.33 bits per heavy atom. The minimum Gasteiger partial charge on any atom is -0.396 e. The first-order valence-corrected chi connectivity index (χ1v) is 10.4. The molecule has 3 rings (SSSR count). The fraction of sp³-hybridized carbons (Fsp3) is 0.0588. The van der Waals surface area contributed by atoms with Crippen molar-refractivity contribution < 1.29 is 30.0 Å². The van der Waals surface area contributed by atoms with Gasteiger partial charge in [-0.2, -0.15) is 16.8 Å². The highest BCUT2D eigenvalue weighted by Gasteiger charge is 2.31. The molecule has 0 unspecified atom stereocenters. The number of nitrogens with two attached hydrogens (primary N) is 1. The van der Waals surface area contributed by atoms with Crippen molar-refractivity contribution in [2.45, 2.75) is 16.7 Å². The summed E-state index contributed by atoms with van der Waals surface area (Å²) in [4.78, 5) is -2.07. The number of rotatable bonds is 4. The Morgan fingerprint density at radius 2 is 1.67 bits per heavy atom. The summed E-state index contributed by atoms with van der Waals surface area (Å²) >= 11 is 0. The Labute approximate surface area is 155 Å². The molecule has 0 aliphatic rings. The van der Waals surface area contributed by atoms with Gasteiger partial charge in [-0.3, -0.25) is 4.55 Å². The summed E-state index contributed by atoms with van der Waals surface area (Å²) in [5.74, 6) is -1.35. The van der Waals surface area contributed by atoms with E-state index in [1.165, 1.54) is 6.07 Å². The van der Waals surface area contributed by atoms with Crippen LogP contribution in [0.2, 0.25) is 0 Å².